The number of hydrogen-bond donors (Lipinski definition) is 2. The molecular weight excluding hydrogens is 781 g/mol. The number of carboxylic acids is 1. The molecule has 5 aromatic heterocycles. The molecule has 62 heavy (non-hydrogen) atoms. The van der Waals surface area contributed by atoms with E-state index < -0.39 is 5.97 Å². The van der Waals surface area contributed by atoms with Gasteiger partial charge in [-0.15, -0.1) is 10.2 Å². The first-order chi connectivity index (χ1) is 30.2. The van der Waals surface area contributed by atoms with Crippen LogP contribution in [0.25, 0.3) is 56.0 Å². The largest absolute Gasteiger partial charge is 0.478 e. The Labute approximate surface area is 358 Å². The zero-order valence-corrected chi connectivity index (χ0v) is 35.2. The van der Waals surface area contributed by atoms with Crippen LogP contribution >= 0.6 is 0 Å². The summed E-state index contributed by atoms with van der Waals surface area (Å²) in [7, 11) is 0. The molecule has 0 unspecified atom stereocenters. The third-order valence-electron chi connectivity index (χ3n) is 10.4. The second kappa shape index (κ2) is 18.3. The number of aromatic amines is 1. The number of imidazole rings is 2. The van der Waals surface area contributed by atoms with E-state index in [1.165, 1.54) is 0 Å². The molecular formula is C48H46N10O4. The van der Waals surface area contributed by atoms with Gasteiger partial charge in [-0.25, -0.2) is 14.8 Å². The normalized spacial score (nSPS) is 11.1. The predicted molar refractivity (Wildman–Crippen MR) is 238 cm³/mol. The van der Waals surface area contributed by atoms with Gasteiger partial charge in [-0.2, -0.15) is 15.2 Å². The van der Waals surface area contributed by atoms with Crippen molar-refractivity contribution >= 4 is 28.3 Å². The van der Waals surface area contributed by atoms with Crippen LogP contribution < -0.4 is 9.47 Å². The Bertz CT molecular complexity index is 2980. The van der Waals surface area contributed by atoms with Crippen molar-refractivity contribution in [3.63, 3.8) is 0 Å². The van der Waals surface area contributed by atoms with E-state index in [0.29, 0.717) is 55.3 Å². The van der Waals surface area contributed by atoms with Crippen molar-refractivity contribution in [2.45, 2.75) is 54.1 Å². The average molecular weight is 827 g/mol. The molecule has 0 aliphatic heterocycles. The molecule has 0 bridgehead atoms. The zero-order chi connectivity index (χ0) is 43.2. The predicted octanol–water partition coefficient (Wildman–Crippen LogP) is 9.28. The fraction of sp³-hybridized carbons (Fsp3) is 0.208. The first-order valence-corrected chi connectivity index (χ1v) is 20.5. The lowest BCUT2D eigenvalue weighted by Crippen LogP contribution is -2.07. The van der Waals surface area contributed by atoms with Crippen molar-refractivity contribution < 1.29 is 19.4 Å². The number of pyridine rings is 2. The topological polar surface area (TPSA) is 172 Å². The summed E-state index contributed by atoms with van der Waals surface area (Å²) in [6, 6.07) is 36.6. The Hall–Kier alpha value is -7.74. The van der Waals surface area contributed by atoms with E-state index in [1.807, 2.05) is 86.0 Å². The Morgan fingerprint density at radius 1 is 0.677 bits per heavy atom. The molecule has 14 heteroatoms. The highest BCUT2D eigenvalue weighted by Gasteiger charge is 2.18. The van der Waals surface area contributed by atoms with Crippen LogP contribution in [0.15, 0.2) is 115 Å². The summed E-state index contributed by atoms with van der Waals surface area (Å²) in [6.45, 7) is 12.4. The van der Waals surface area contributed by atoms with Crippen LogP contribution in [0.3, 0.4) is 0 Å². The second-order valence-corrected chi connectivity index (χ2v) is 14.8. The van der Waals surface area contributed by atoms with E-state index in [9.17, 15) is 9.90 Å². The Morgan fingerprint density at radius 2 is 1.27 bits per heavy atom. The van der Waals surface area contributed by atoms with Crippen molar-refractivity contribution in [1.29, 1.82) is 0 Å². The number of H-pyrrole nitrogens is 1. The molecule has 9 aromatic rings. The molecule has 0 atom stereocenters. The van der Waals surface area contributed by atoms with Crippen molar-refractivity contribution in [3.8, 4) is 45.7 Å². The fourth-order valence-corrected chi connectivity index (χ4v) is 7.40. The minimum Gasteiger partial charge on any atom is -0.478 e. The number of carboxylic acid groups (broad SMARTS) is 1. The molecule has 14 nitrogen and oxygen atoms in total. The minimum atomic E-state index is -0.933. The van der Waals surface area contributed by atoms with E-state index >= 15 is 0 Å². The van der Waals surface area contributed by atoms with Crippen molar-refractivity contribution in [2.75, 3.05) is 13.2 Å². The smallest absolute Gasteiger partial charge is 0.336 e. The van der Waals surface area contributed by atoms with Gasteiger partial charge >= 0.3 is 5.97 Å². The van der Waals surface area contributed by atoms with Crippen LogP contribution in [0.4, 0.5) is 0 Å². The Balaban J connectivity index is 0.000000172. The molecule has 0 aliphatic rings. The number of carbonyl (C=O) groups is 1. The van der Waals surface area contributed by atoms with Crippen LogP contribution in [0.2, 0.25) is 0 Å². The van der Waals surface area contributed by atoms with E-state index in [2.05, 4.69) is 85.4 Å². The highest BCUT2D eigenvalue weighted by atomic mass is 16.5. The third kappa shape index (κ3) is 8.61. The standard InChI is InChI=1S/C25H25N7O.C23H21N3O3/c1-4-13-33-25-27-22-16(2)14-17(3)26-24(22)32(25)15-18-9-11-19(12-10-18)20-7-5-6-8-21(20)23-28-30-31-29-23;1-3-29-23-25-20-15(2)12-13-24-21(20)26(23)14-16-8-10-17(11-9-16)18-6-4-5-7-19(18)22(27)28/h5-12,14H,4,13,15H2,1-3H3,(H,28,29,30,31);4-13H,3,14H2,1-2H3,(H,27,28). The van der Waals surface area contributed by atoms with Gasteiger partial charge in [0.1, 0.15) is 11.0 Å². The minimum absolute atomic E-state index is 0.291. The molecule has 2 N–H and O–H groups in total. The van der Waals surface area contributed by atoms with Crippen LogP contribution in [-0.2, 0) is 13.1 Å². The number of nitrogens with one attached hydrogen (secondary N) is 1. The van der Waals surface area contributed by atoms with Gasteiger partial charge in [-0.05, 0) is 102 Å². The maximum absolute atomic E-state index is 11.5. The van der Waals surface area contributed by atoms with Gasteiger partial charge in [0.25, 0.3) is 12.0 Å². The lowest BCUT2D eigenvalue weighted by atomic mass is 9.98. The summed E-state index contributed by atoms with van der Waals surface area (Å²) in [5.74, 6) is -0.355. The average Bonchev–Trinajstić information content (AvgIpc) is 4.03. The van der Waals surface area contributed by atoms with Gasteiger partial charge in [-0.1, -0.05) is 97.9 Å². The first kappa shape index (κ1) is 41.0. The lowest BCUT2D eigenvalue weighted by Gasteiger charge is -2.11. The molecule has 0 amide bonds. The maximum Gasteiger partial charge on any atom is 0.336 e. The molecule has 0 spiro atoms. The van der Waals surface area contributed by atoms with Gasteiger partial charge in [-0.3, -0.25) is 9.13 Å². The summed E-state index contributed by atoms with van der Waals surface area (Å²) in [5, 5.41) is 23.9. The van der Waals surface area contributed by atoms with Gasteiger partial charge < -0.3 is 14.6 Å². The molecule has 5 heterocycles. The van der Waals surface area contributed by atoms with E-state index in [-0.39, 0.29) is 0 Å². The number of ether oxygens (including phenoxy) is 2. The SMILES string of the molecule is CCCOc1nc2c(C)cc(C)nc2n1Cc1ccc(-c2ccccc2-c2nn[nH]n2)cc1.CCOc1nc2c(C)ccnc2n1Cc1ccc(-c2ccccc2C(=O)O)cc1. The molecule has 0 fully saturated rings. The van der Waals surface area contributed by atoms with Crippen LogP contribution in [-0.4, -0.2) is 74.0 Å². The van der Waals surface area contributed by atoms with Crippen LogP contribution in [0.1, 0.15) is 58.6 Å². The van der Waals surface area contributed by atoms with Crippen LogP contribution in [0, 0.1) is 20.8 Å². The van der Waals surface area contributed by atoms with Gasteiger partial charge in [0.2, 0.25) is 5.82 Å². The number of nitrogens with zero attached hydrogens (tertiary/aromatic N) is 9. The third-order valence-corrected chi connectivity index (χ3v) is 10.4. The quantitative estimate of drug-likeness (QED) is 0.114. The number of hydrogen-bond acceptors (Lipinski definition) is 10. The number of aryl methyl sites for hydroxylation is 3. The van der Waals surface area contributed by atoms with E-state index in [4.69, 9.17) is 19.4 Å². The monoisotopic (exact) mass is 826 g/mol. The second-order valence-electron chi connectivity index (χ2n) is 14.8. The van der Waals surface area contributed by atoms with E-state index in [1.54, 1.807) is 18.3 Å². The Kier molecular flexibility index (Phi) is 12.1. The summed E-state index contributed by atoms with van der Waals surface area (Å²) >= 11 is 0. The lowest BCUT2D eigenvalue weighted by molar-refractivity contribution is 0.0697. The molecule has 0 radical (unpaired) electrons. The highest BCUT2D eigenvalue weighted by molar-refractivity contribution is 5.96. The van der Waals surface area contributed by atoms with Crippen molar-refractivity contribution in [2.24, 2.45) is 0 Å². The number of rotatable bonds is 13. The molecule has 0 saturated heterocycles. The van der Waals surface area contributed by atoms with Crippen LogP contribution in [0.5, 0.6) is 12.0 Å². The van der Waals surface area contributed by atoms with Gasteiger partial charge in [0.15, 0.2) is 11.3 Å². The fourth-order valence-electron chi connectivity index (χ4n) is 7.40. The molecule has 312 valence electrons. The van der Waals surface area contributed by atoms with Gasteiger partial charge in [0, 0.05) is 17.5 Å². The number of aromatic carboxylic acids is 1. The number of aromatic nitrogens is 10. The van der Waals surface area contributed by atoms with Crippen molar-refractivity contribution in [1.82, 2.24) is 49.7 Å². The summed E-state index contributed by atoms with van der Waals surface area (Å²) in [4.78, 5) is 30.1. The highest BCUT2D eigenvalue weighted by Crippen LogP contribution is 2.31. The first-order valence-electron chi connectivity index (χ1n) is 20.5. The Morgan fingerprint density at radius 3 is 1.90 bits per heavy atom. The molecule has 4 aromatic carbocycles. The summed E-state index contributed by atoms with van der Waals surface area (Å²) in [6.07, 6.45) is 2.70. The number of tetrazole rings is 1. The molecule has 9 rings (SSSR count). The van der Waals surface area contributed by atoms with E-state index in [0.717, 1.165) is 79.0 Å². The number of fused-ring (bicyclic) bond motifs is 2. The van der Waals surface area contributed by atoms with Crippen molar-refractivity contribution in [3.05, 3.63) is 149 Å². The maximum atomic E-state index is 11.5. The number of benzene rings is 4. The molecule has 0 saturated carbocycles. The van der Waals surface area contributed by atoms with Gasteiger partial charge in [0.05, 0.1) is 31.9 Å². The summed E-state index contributed by atoms with van der Waals surface area (Å²) < 4.78 is 15.7. The molecule has 0 aliphatic carbocycles. The summed E-state index contributed by atoms with van der Waals surface area (Å²) in [5.41, 5.74) is 13.6. The zero-order valence-electron chi connectivity index (χ0n) is 35.2.